The number of carbonyl (C=O) groups is 1. The van der Waals surface area contributed by atoms with Gasteiger partial charge in [-0.2, -0.15) is 0 Å². The minimum absolute atomic E-state index is 0.254. The van der Waals surface area contributed by atoms with Crippen LogP contribution in [-0.4, -0.2) is 22.1 Å². The van der Waals surface area contributed by atoms with Crippen LogP contribution in [0.25, 0.3) is 0 Å². The SMILES string of the molecule is CC(C)CCCNC(=O)NC(c1ccc(F)cc1)c1nccn1C. The van der Waals surface area contributed by atoms with Gasteiger partial charge in [0.15, 0.2) is 0 Å². The first-order valence-electron chi connectivity index (χ1n) is 8.24. The number of aryl methyl sites for hydroxylation is 1. The molecular weight excluding hydrogens is 307 g/mol. The van der Waals surface area contributed by atoms with Gasteiger partial charge in [0, 0.05) is 26.0 Å². The summed E-state index contributed by atoms with van der Waals surface area (Å²) in [6.45, 7) is 4.94. The summed E-state index contributed by atoms with van der Waals surface area (Å²) >= 11 is 0. The van der Waals surface area contributed by atoms with Crippen molar-refractivity contribution in [2.24, 2.45) is 13.0 Å². The van der Waals surface area contributed by atoms with Crippen LogP contribution in [-0.2, 0) is 7.05 Å². The monoisotopic (exact) mass is 332 g/mol. The molecule has 0 aliphatic heterocycles. The fourth-order valence-corrected chi connectivity index (χ4v) is 2.50. The van der Waals surface area contributed by atoms with E-state index in [1.54, 1.807) is 18.3 Å². The van der Waals surface area contributed by atoms with Crippen molar-refractivity contribution in [2.75, 3.05) is 6.54 Å². The zero-order valence-corrected chi connectivity index (χ0v) is 14.4. The number of urea groups is 1. The topological polar surface area (TPSA) is 59.0 Å². The van der Waals surface area contributed by atoms with Crippen LogP contribution in [0.1, 0.15) is 44.1 Å². The van der Waals surface area contributed by atoms with E-state index in [1.165, 1.54) is 12.1 Å². The lowest BCUT2D eigenvalue weighted by atomic mass is 10.1. The van der Waals surface area contributed by atoms with Crippen molar-refractivity contribution in [1.82, 2.24) is 20.2 Å². The highest BCUT2D eigenvalue weighted by Crippen LogP contribution is 2.20. The molecule has 2 amide bonds. The molecule has 6 heteroatoms. The molecule has 2 N–H and O–H groups in total. The Balaban J connectivity index is 2.05. The number of aromatic nitrogens is 2. The molecule has 24 heavy (non-hydrogen) atoms. The number of hydrogen-bond acceptors (Lipinski definition) is 2. The fourth-order valence-electron chi connectivity index (χ4n) is 2.50. The first kappa shape index (κ1) is 18.0. The standard InChI is InChI=1S/C18H25FN4O/c1-13(2)5-4-10-21-18(24)22-16(17-20-11-12-23(17)3)14-6-8-15(19)9-7-14/h6-9,11-13,16H,4-5,10H2,1-3H3,(H2,21,22,24). The average Bonchev–Trinajstić information content (AvgIpc) is 2.96. The van der Waals surface area contributed by atoms with E-state index in [2.05, 4.69) is 29.5 Å². The highest BCUT2D eigenvalue weighted by atomic mass is 19.1. The van der Waals surface area contributed by atoms with Gasteiger partial charge in [0.1, 0.15) is 17.7 Å². The highest BCUT2D eigenvalue weighted by molar-refractivity contribution is 5.74. The van der Waals surface area contributed by atoms with Gasteiger partial charge in [-0.25, -0.2) is 14.2 Å². The number of carbonyl (C=O) groups excluding carboxylic acids is 1. The van der Waals surface area contributed by atoms with E-state index in [9.17, 15) is 9.18 Å². The Morgan fingerprint density at radius 1 is 1.29 bits per heavy atom. The van der Waals surface area contributed by atoms with Gasteiger partial charge in [0.25, 0.3) is 0 Å². The molecule has 1 unspecified atom stereocenters. The van der Waals surface area contributed by atoms with Crippen LogP contribution in [0.15, 0.2) is 36.7 Å². The van der Waals surface area contributed by atoms with Crippen molar-refractivity contribution in [3.63, 3.8) is 0 Å². The van der Waals surface area contributed by atoms with Gasteiger partial charge < -0.3 is 15.2 Å². The number of benzene rings is 1. The third-order valence-electron chi connectivity index (χ3n) is 3.84. The normalized spacial score (nSPS) is 12.2. The van der Waals surface area contributed by atoms with Crippen LogP contribution in [0.3, 0.4) is 0 Å². The minimum Gasteiger partial charge on any atom is -0.338 e. The maximum atomic E-state index is 13.2. The molecular formula is C18H25FN4O. The molecule has 1 atom stereocenters. The van der Waals surface area contributed by atoms with Crippen molar-refractivity contribution < 1.29 is 9.18 Å². The first-order valence-corrected chi connectivity index (χ1v) is 8.24. The smallest absolute Gasteiger partial charge is 0.315 e. The van der Waals surface area contributed by atoms with E-state index >= 15 is 0 Å². The third kappa shape index (κ3) is 5.08. The van der Waals surface area contributed by atoms with E-state index in [0.29, 0.717) is 18.3 Å². The van der Waals surface area contributed by atoms with Crippen LogP contribution in [0.5, 0.6) is 0 Å². The quantitative estimate of drug-likeness (QED) is 0.764. The Kier molecular flexibility index (Phi) is 6.35. The summed E-state index contributed by atoms with van der Waals surface area (Å²) in [6, 6.07) is 5.40. The molecule has 1 aromatic carbocycles. The lowest BCUT2D eigenvalue weighted by Gasteiger charge is -2.19. The third-order valence-corrected chi connectivity index (χ3v) is 3.84. The molecule has 0 saturated carbocycles. The molecule has 0 fully saturated rings. The molecule has 0 spiro atoms. The molecule has 130 valence electrons. The minimum atomic E-state index is -0.435. The summed E-state index contributed by atoms with van der Waals surface area (Å²) in [5.74, 6) is 1.00. The first-order chi connectivity index (χ1) is 11.5. The van der Waals surface area contributed by atoms with Crippen LogP contribution in [0, 0.1) is 11.7 Å². The number of nitrogens with zero attached hydrogens (tertiary/aromatic N) is 2. The summed E-state index contributed by atoms with van der Waals surface area (Å²) in [5, 5.41) is 5.80. The highest BCUT2D eigenvalue weighted by Gasteiger charge is 2.20. The van der Waals surface area contributed by atoms with E-state index in [4.69, 9.17) is 0 Å². The van der Waals surface area contributed by atoms with Gasteiger partial charge in [-0.05, 0) is 36.5 Å². The Hall–Kier alpha value is -2.37. The van der Waals surface area contributed by atoms with Crippen LogP contribution < -0.4 is 10.6 Å². The van der Waals surface area contributed by atoms with Crippen LogP contribution >= 0.6 is 0 Å². The predicted molar refractivity (Wildman–Crippen MR) is 92.1 cm³/mol. The Morgan fingerprint density at radius 2 is 2.00 bits per heavy atom. The van der Waals surface area contributed by atoms with Crippen molar-refractivity contribution in [3.05, 3.63) is 53.9 Å². The van der Waals surface area contributed by atoms with Gasteiger partial charge in [0.2, 0.25) is 0 Å². The van der Waals surface area contributed by atoms with Gasteiger partial charge >= 0.3 is 6.03 Å². The van der Waals surface area contributed by atoms with Gasteiger partial charge in [-0.3, -0.25) is 0 Å². The van der Waals surface area contributed by atoms with E-state index < -0.39 is 6.04 Å². The number of nitrogens with one attached hydrogen (secondary N) is 2. The number of amides is 2. The summed E-state index contributed by atoms with van der Waals surface area (Å²) in [4.78, 5) is 16.5. The maximum Gasteiger partial charge on any atom is 0.315 e. The molecule has 0 radical (unpaired) electrons. The second-order valence-electron chi connectivity index (χ2n) is 6.32. The average molecular weight is 332 g/mol. The molecule has 0 bridgehead atoms. The molecule has 0 aliphatic carbocycles. The summed E-state index contributed by atoms with van der Waals surface area (Å²) < 4.78 is 15.0. The molecule has 2 rings (SSSR count). The fraction of sp³-hybridized carbons (Fsp3) is 0.444. The van der Waals surface area contributed by atoms with E-state index in [0.717, 1.165) is 18.4 Å². The maximum absolute atomic E-state index is 13.2. The molecule has 1 heterocycles. The zero-order chi connectivity index (χ0) is 17.5. The number of hydrogen-bond donors (Lipinski definition) is 2. The largest absolute Gasteiger partial charge is 0.338 e. The van der Waals surface area contributed by atoms with Gasteiger partial charge in [-0.1, -0.05) is 26.0 Å². The Morgan fingerprint density at radius 3 is 2.58 bits per heavy atom. The second kappa shape index (κ2) is 8.47. The summed E-state index contributed by atoms with van der Waals surface area (Å²) in [7, 11) is 1.86. The van der Waals surface area contributed by atoms with Crippen molar-refractivity contribution in [2.45, 2.75) is 32.7 Å². The van der Waals surface area contributed by atoms with Gasteiger partial charge in [-0.15, -0.1) is 0 Å². The Bertz CT molecular complexity index is 651. The molecule has 2 aromatic rings. The molecule has 0 aliphatic rings. The van der Waals surface area contributed by atoms with E-state index in [-0.39, 0.29) is 11.8 Å². The zero-order valence-electron chi connectivity index (χ0n) is 14.4. The number of rotatable bonds is 7. The lowest BCUT2D eigenvalue weighted by Crippen LogP contribution is -2.39. The van der Waals surface area contributed by atoms with Crippen molar-refractivity contribution in [1.29, 1.82) is 0 Å². The van der Waals surface area contributed by atoms with Crippen molar-refractivity contribution in [3.8, 4) is 0 Å². The summed E-state index contributed by atoms with van der Waals surface area (Å²) in [6.07, 6.45) is 5.50. The second-order valence-corrected chi connectivity index (χ2v) is 6.32. The Labute approximate surface area is 142 Å². The number of imidazole rings is 1. The van der Waals surface area contributed by atoms with Crippen molar-refractivity contribution >= 4 is 6.03 Å². The van der Waals surface area contributed by atoms with E-state index in [1.807, 2.05) is 17.8 Å². The molecule has 5 nitrogen and oxygen atoms in total. The summed E-state index contributed by atoms with van der Waals surface area (Å²) in [5.41, 5.74) is 0.781. The molecule has 0 saturated heterocycles. The van der Waals surface area contributed by atoms with Gasteiger partial charge in [0.05, 0.1) is 0 Å². The lowest BCUT2D eigenvalue weighted by molar-refractivity contribution is 0.237. The van der Waals surface area contributed by atoms with Crippen LogP contribution in [0.2, 0.25) is 0 Å². The van der Waals surface area contributed by atoms with Crippen LogP contribution in [0.4, 0.5) is 9.18 Å². The molecule has 1 aromatic heterocycles. The number of halogens is 1. The predicted octanol–water partition coefficient (Wildman–Crippen LogP) is 3.38.